The number of likely N-dealkylation sites (N-methyl/N-ethyl adjacent to an activating group) is 1. The van der Waals surface area contributed by atoms with Gasteiger partial charge in [-0.15, -0.1) is 0 Å². The molecule has 0 spiro atoms. The van der Waals surface area contributed by atoms with E-state index in [1.807, 2.05) is 24.3 Å². The highest BCUT2D eigenvalue weighted by Gasteiger charge is 2.40. The summed E-state index contributed by atoms with van der Waals surface area (Å²) in [6, 6.07) is 15.4. The molecule has 0 unspecified atom stereocenters. The Balaban J connectivity index is 1.47. The molecule has 0 radical (unpaired) electrons. The van der Waals surface area contributed by atoms with Gasteiger partial charge in [0.05, 0.1) is 0 Å². The van der Waals surface area contributed by atoms with Gasteiger partial charge in [-0.3, -0.25) is 4.90 Å². The molecule has 0 aliphatic heterocycles. The van der Waals surface area contributed by atoms with E-state index in [1.165, 1.54) is 23.1 Å². The van der Waals surface area contributed by atoms with Crippen molar-refractivity contribution in [2.24, 2.45) is 5.41 Å². The van der Waals surface area contributed by atoms with Crippen LogP contribution in [0.3, 0.4) is 0 Å². The van der Waals surface area contributed by atoms with Crippen molar-refractivity contribution in [3.63, 3.8) is 0 Å². The molecule has 1 amide bonds. The van der Waals surface area contributed by atoms with Crippen molar-refractivity contribution in [3.05, 3.63) is 59.7 Å². The Morgan fingerprint density at radius 3 is 2.14 bits per heavy atom. The maximum absolute atomic E-state index is 12.7. The number of rotatable bonds is 6. The first kappa shape index (κ1) is 19.5. The van der Waals surface area contributed by atoms with Crippen molar-refractivity contribution in [2.45, 2.75) is 44.6 Å². The average Bonchev–Trinajstić information content (AvgIpc) is 3.02. The molecule has 0 bridgehead atoms. The van der Waals surface area contributed by atoms with E-state index in [4.69, 9.17) is 4.74 Å². The van der Waals surface area contributed by atoms with E-state index < -0.39 is 18.1 Å². The summed E-state index contributed by atoms with van der Waals surface area (Å²) in [6.07, 6.45) is 3.02. The fourth-order valence-electron chi connectivity index (χ4n) is 4.66. The topological polar surface area (TPSA) is 66.8 Å². The minimum atomic E-state index is -0.978. The molecule has 4 rings (SSSR count). The van der Waals surface area contributed by atoms with E-state index in [0.29, 0.717) is 6.42 Å². The predicted molar refractivity (Wildman–Crippen MR) is 111 cm³/mol. The Hall–Kier alpha value is -2.82. The quantitative estimate of drug-likeness (QED) is 0.758. The van der Waals surface area contributed by atoms with Gasteiger partial charge in [-0.2, -0.15) is 0 Å². The normalized spacial score (nSPS) is 17.6. The Morgan fingerprint density at radius 1 is 1.10 bits per heavy atom. The summed E-state index contributed by atoms with van der Waals surface area (Å²) in [5.74, 6) is -1.01. The summed E-state index contributed by atoms with van der Waals surface area (Å²) < 4.78 is 5.62. The van der Waals surface area contributed by atoms with Gasteiger partial charge in [0.1, 0.15) is 12.6 Å². The molecule has 29 heavy (non-hydrogen) atoms. The van der Waals surface area contributed by atoms with E-state index in [-0.39, 0.29) is 17.9 Å². The summed E-state index contributed by atoms with van der Waals surface area (Å²) in [7, 11) is 1.53. The van der Waals surface area contributed by atoms with Gasteiger partial charge in [0, 0.05) is 13.0 Å². The molecular weight excluding hydrogens is 366 g/mol. The van der Waals surface area contributed by atoms with E-state index in [0.717, 1.165) is 30.4 Å². The second-order valence-corrected chi connectivity index (χ2v) is 8.64. The first-order valence-corrected chi connectivity index (χ1v) is 10.2. The van der Waals surface area contributed by atoms with Gasteiger partial charge in [0.15, 0.2) is 0 Å². The second-order valence-electron chi connectivity index (χ2n) is 8.64. The largest absolute Gasteiger partial charge is 0.480 e. The van der Waals surface area contributed by atoms with E-state index in [1.54, 1.807) is 0 Å². The fraction of sp³-hybridized carbons (Fsp3) is 0.417. The smallest absolute Gasteiger partial charge is 0.410 e. The highest BCUT2D eigenvalue weighted by atomic mass is 16.6. The number of nitrogens with zero attached hydrogens (tertiary/aromatic N) is 1. The molecule has 0 heterocycles. The summed E-state index contributed by atoms with van der Waals surface area (Å²) >= 11 is 0. The Bertz CT molecular complexity index is 888. The van der Waals surface area contributed by atoms with E-state index >= 15 is 0 Å². The van der Waals surface area contributed by atoms with Crippen LogP contribution in [-0.2, 0) is 9.53 Å². The van der Waals surface area contributed by atoms with Gasteiger partial charge in [-0.1, -0.05) is 61.9 Å². The molecule has 2 aromatic rings. The Kier molecular flexibility index (Phi) is 5.07. The standard InChI is InChI=1S/C24H27NO4/c1-24(12-7-13-24)14-21(22(26)27)25(2)23(28)29-15-20-18-10-5-3-8-16(18)17-9-4-6-11-19(17)20/h3-6,8-11,20-21H,7,12-15H2,1-2H3,(H,26,27)/t21-/m0/s1. The zero-order valence-electron chi connectivity index (χ0n) is 16.9. The van der Waals surface area contributed by atoms with Crippen LogP contribution in [-0.4, -0.2) is 41.8 Å². The molecule has 2 aromatic carbocycles. The van der Waals surface area contributed by atoms with Crippen LogP contribution in [0, 0.1) is 5.41 Å². The van der Waals surface area contributed by atoms with Gasteiger partial charge in [-0.25, -0.2) is 9.59 Å². The van der Waals surface area contributed by atoms with Gasteiger partial charge < -0.3 is 9.84 Å². The summed E-state index contributed by atoms with van der Waals surface area (Å²) in [5, 5.41) is 9.67. The number of carbonyl (C=O) groups is 2. The number of ether oxygens (including phenoxy) is 1. The third-order valence-electron chi connectivity index (χ3n) is 6.62. The molecule has 1 fully saturated rings. The van der Waals surface area contributed by atoms with Gasteiger partial charge in [-0.05, 0) is 46.9 Å². The van der Waals surface area contributed by atoms with Crippen molar-refractivity contribution in [1.29, 1.82) is 0 Å². The van der Waals surface area contributed by atoms with Crippen LogP contribution >= 0.6 is 0 Å². The van der Waals surface area contributed by atoms with Crippen LogP contribution in [0.2, 0.25) is 0 Å². The van der Waals surface area contributed by atoms with Crippen LogP contribution < -0.4 is 0 Å². The molecule has 0 saturated heterocycles. The number of carboxylic acids is 1. The van der Waals surface area contributed by atoms with Crippen molar-refractivity contribution in [2.75, 3.05) is 13.7 Å². The summed E-state index contributed by atoms with van der Waals surface area (Å²) in [5.41, 5.74) is 4.61. The van der Waals surface area contributed by atoms with Gasteiger partial charge in [0.2, 0.25) is 0 Å². The fourth-order valence-corrected chi connectivity index (χ4v) is 4.66. The minimum Gasteiger partial charge on any atom is -0.480 e. The van der Waals surface area contributed by atoms with Crippen LogP contribution in [0.15, 0.2) is 48.5 Å². The number of aliphatic carboxylic acids is 1. The second kappa shape index (κ2) is 7.54. The van der Waals surface area contributed by atoms with Crippen molar-refractivity contribution < 1.29 is 19.4 Å². The lowest BCUT2D eigenvalue weighted by Gasteiger charge is -2.41. The molecule has 1 saturated carbocycles. The number of hydrogen-bond acceptors (Lipinski definition) is 3. The third-order valence-corrected chi connectivity index (χ3v) is 6.62. The summed E-state index contributed by atoms with van der Waals surface area (Å²) in [6.45, 7) is 2.29. The van der Waals surface area contributed by atoms with Crippen LogP contribution in [0.5, 0.6) is 0 Å². The molecule has 0 aromatic heterocycles. The Morgan fingerprint density at radius 2 is 1.66 bits per heavy atom. The molecule has 2 aliphatic rings. The van der Waals surface area contributed by atoms with Crippen molar-refractivity contribution >= 4 is 12.1 Å². The molecule has 2 aliphatic carbocycles. The first-order valence-electron chi connectivity index (χ1n) is 10.2. The van der Waals surface area contributed by atoms with Crippen LogP contribution in [0.1, 0.15) is 49.7 Å². The molecule has 152 valence electrons. The Labute approximate surface area is 171 Å². The highest BCUT2D eigenvalue weighted by Crippen LogP contribution is 2.46. The number of benzene rings is 2. The maximum Gasteiger partial charge on any atom is 0.410 e. The van der Waals surface area contributed by atoms with Crippen LogP contribution in [0.4, 0.5) is 4.79 Å². The van der Waals surface area contributed by atoms with E-state index in [2.05, 4.69) is 31.2 Å². The minimum absolute atomic E-state index is 0.000922. The zero-order valence-corrected chi connectivity index (χ0v) is 16.9. The maximum atomic E-state index is 12.7. The van der Waals surface area contributed by atoms with Crippen molar-refractivity contribution in [1.82, 2.24) is 4.90 Å². The molecule has 1 atom stereocenters. The third kappa shape index (κ3) is 3.61. The number of carboxylic acid groups (broad SMARTS) is 1. The lowest BCUT2D eigenvalue weighted by Crippen LogP contribution is -2.47. The average molecular weight is 393 g/mol. The van der Waals surface area contributed by atoms with Gasteiger partial charge in [0.25, 0.3) is 0 Å². The first-order chi connectivity index (χ1) is 13.9. The highest BCUT2D eigenvalue weighted by molar-refractivity contribution is 5.81. The number of carbonyl (C=O) groups excluding carboxylic acids is 1. The lowest BCUT2D eigenvalue weighted by atomic mass is 9.67. The van der Waals surface area contributed by atoms with Gasteiger partial charge >= 0.3 is 12.1 Å². The molecular formula is C24H27NO4. The van der Waals surface area contributed by atoms with Crippen LogP contribution in [0.25, 0.3) is 11.1 Å². The lowest BCUT2D eigenvalue weighted by molar-refractivity contribution is -0.144. The number of fused-ring (bicyclic) bond motifs is 3. The summed E-state index contributed by atoms with van der Waals surface area (Å²) in [4.78, 5) is 25.8. The van der Waals surface area contributed by atoms with Crippen molar-refractivity contribution in [3.8, 4) is 11.1 Å². The van der Waals surface area contributed by atoms with E-state index in [9.17, 15) is 14.7 Å². The number of hydrogen-bond donors (Lipinski definition) is 1. The monoisotopic (exact) mass is 393 g/mol. The molecule has 1 N–H and O–H groups in total. The predicted octanol–water partition coefficient (Wildman–Crippen LogP) is 4.90. The molecule has 5 heteroatoms. The SMILES string of the molecule is CN(C(=O)OCC1c2ccccc2-c2ccccc21)[C@@H](CC1(C)CCC1)C(=O)O. The molecule has 5 nitrogen and oxygen atoms in total. The number of amides is 1. The zero-order chi connectivity index (χ0) is 20.6.